The second-order valence-corrected chi connectivity index (χ2v) is 5.74. The lowest BCUT2D eigenvalue weighted by atomic mass is 9.81. The van der Waals surface area contributed by atoms with E-state index < -0.39 is 0 Å². The minimum absolute atomic E-state index is 0.0285. The normalized spacial score (nSPS) is 31.4. The van der Waals surface area contributed by atoms with Crippen LogP contribution in [0.4, 0.5) is 0 Å². The first-order chi connectivity index (χ1) is 8.25. The summed E-state index contributed by atoms with van der Waals surface area (Å²) in [5.41, 5.74) is 1.09. The zero-order valence-corrected chi connectivity index (χ0v) is 10.2. The highest BCUT2D eigenvalue weighted by atomic mass is 32.2. The second-order valence-electron chi connectivity index (χ2n) is 4.59. The fourth-order valence-electron chi connectivity index (χ4n) is 2.66. The van der Waals surface area contributed by atoms with Crippen molar-refractivity contribution in [1.82, 2.24) is 5.32 Å². The van der Waals surface area contributed by atoms with Crippen LogP contribution in [0.25, 0.3) is 0 Å². The van der Waals surface area contributed by atoms with Gasteiger partial charge < -0.3 is 15.5 Å². The third kappa shape index (κ3) is 1.91. The number of fused-ring (bicyclic) bond motifs is 1. The SMILES string of the molecule is Oc1ccc([C@@H]2CNCC3SC=CC32)cc1O. The van der Waals surface area contributed by atoms with Crippen molar-refractivity contribution in [1.29, 1.82) is 0 Å². The summed E-state index contributed by atoms with van der Waals surface area (Å²) in [6.45, 7) is 1.97. The van der Waals surface area contributed by atoms with Crippen molar-refractivity contribution < 1.29 is 10.2 Å². The van der Waals surface area contributed by atoms with Crippen molar-refractivity contribution >= 4 is 11.8 Å². The maximum Gasteiger partial charge on any atom is 0.157 e. The molecule has 1 fully saturated rings. The molecule has 0 bridgehead atoms. The number of phenolic OH excluding ortho intramolecular Hbond substituents is 2. The van der Waals surface area contributed by atoms with Crippen LogP contribution in [0.15, 0.2) is 29.7 Å². The Hall–Kier alpha value is -1.13. The van der Waals surface area contributed by atoms with Crippen LogP contribution < -0.4 is 5.32 Å². The molecule has 1 aromatic carbocycles. The summed E-state index contributed by atoms with van der Waals surface area (Å²) < 4.78 is 0. The molecule has 90 valence electrons. The molecule has 0 spiro atoms. The summed E-state index contributed by atoms with van der Waals surface area (Å²) in [6, 6.07) is 5.15. The number of thioether (sulfide) groups is 1. The molecule has 0 aliphatic carbocycles. The largest absolute Gasteiger partial charge is 0.504 e. The highest BCUT2D eigenvalue weighted by Crippen LogP contribution is 2.42. The predicted molar refractivity (Wildman–Crippen MR) is 69.4 cm³/mol. The highest BCUT2D eigenvalue weighted by molar-refractivity contribution is 8.03. The third-order valence-electron chi connectivity index (χ3n) is 3.59. The Balaban J connectivity index is 1.91. The van der Waals surface area contributed by atoms with Gasteiger partial charge in [-0.05, 0) is 29.0 Å². The van der Waals surface area contributed by atoms with Crippen molar-refractivity contribution in [2.24, 2.45) is 5.92 Å². The molecule has 2 heterocycles. The lowest BCUT2D eigenvalue weighted by molar-refractivity contribution is 0.385. The molecule has 17 heavy (non-hydrogen) atoms. The summed E-state index contributed by atoms with van der Waals surface area (Å²) in [7, 11) is 0. The predicted octanol–water partition coefficient (Wildman–Crippen LogP) is 2.03. The quantitative estimate of drug-likeness (QED) is 0.667. The smallest absolute Gasteiger partial charge is 0.157 e. The number of hydrogen-bond acceptors (Lipinski definition) is 4. The number of piperidine rings is 1. The van der Waals surface area contributed by atoms with Crippen molar-refractivity contribution in [2.75, 3.05) is 13.1 Å². The van der Waals surface area contributed by atoms with Crippen LogP contribution in [0.3, 0.4) is 0 Å². The molecule has 3 atom stereocenters. The zero-order chi connectivity index (χ0) is 11.8. The van der Waals surface area contributed by atoms with E-state index >= 15 is 0 Å². The molecule has 0 saturated carbocycles. The van der Waals surface area contributed by atoms with E-state index in [1.165, 1.54) is 0 Å². The molecule has 1 aromatic rings. The molecular weight excluding hydrogens is 234 g/mol. The van der Waals surface area contributed by atoms with Crippen LogP contribution in [0.1, 0.15) is 11.5 Å². The molecule has 0 amide bonds. The van der Waals surface area contributed by atoms with Crippen molar-refractivity contribution in [3.8, 4) is 11.5 Å². The summed E-state index contributed by atoms with van der Waals surface area (Å²) >= 11 is 1.88. The molecule has 0 aromatic heterocycles. The van der Waals surface area contributed by atoms with Gasteiger partial charge in [0.2, 0.25) is 0 Å². The van der Waals surface area contributed by atoms with E-state index in [1.54, 1.807) is 12.1 Å². The number of benzene rings is 1. The first-order valence-corrected chi connectivity index (χ1v) is 6.75. The van der Waals surface area contributed by atoms with Crippen LogP contribution >= 0.6 is 11.8 Å². The van der Waals surface area contributed by atoms with E-state index in [4.69, 9.17) is 0 Å². The van der Waals surface area contributed by atoms with E-state index in [-0.39, 0.29) is 11.5 Å². The van der Waals surface area contributed by atoms with E-state index in [0.29, 0.717) is 17.1 Å². The second kappa shape index (κ2) is 4.27. The van der Waals surface area contributed by atoms with Gasteiger partial charge in [0.25, 0.3) is 0 Å². The lowest BCUT2D eigenvalue weighted by Gasteiger charge is -2.33. The minimum atomic E-state index is -0.0505. The average Bonchev–Trinajstić information content (AvgIpc) is 2.80. The van der Waals surface area contributed by atoms with E-state index in [9.17, 15) is 10.2 Å². The Morgan fingerprint density at radius 3 is 2.88 bits per heavy atom. The first kappa shape index (κ1) is 11.0. The summed E-state index contributed by atoms with van der Waals surface area (Å²) in [4.78, 5) is 0. The fraction of sp³-hybridized carbons (Fsp3) is 0.385. The van der Waals surface area contributed by atoms with Crippen LogP contribution in [0.2, 0.25) is 0 Å². The van der Waals surface area contributed by atoms with Gasteiger partial charge in [0.15, 0.2) is 11.5 Å². The maximum absolute atomic E-state index is 9.58. The number of allylic oxidation sites excluding steroid dienone is 1. The van der Waals surface area contributed by atoms with Crippen molar-refractivity contribution in [3.05, 3.63) is 35.2 Å². The number of phenols is 2. The summed E-state index contributed by atoms with van der Waals surface area (Å²) in [5, 5.41) is 25.1. The van der Waals surface area contributed by atoms with Crippen LogP contribution in [-0.2, 0) is 0 Å². The Labute approximate surface area is 105 Å². The summed E-state index contributed by atoms with van der Waals surface area (Å²) in [6.07, 6.45) is 2.27. The highest BCUT2D eigenvalue weighted by Gasteiger charge is 2.35. The van der Waals surface area contributed by atoms with Crippen LogP contribution in [0.5, 0.6) is 11.5 Å². The van der Waals surface area contributed by atoms with Crippen molar-refractivity contribution in [2.45, 2.75) is 11.2 Å². The fourth-order valence-corrected chi connectivity index (χ4v) is 3.81. The standard InChI is InChI=1S/C13H15NO2S/c15-11-2-1-8(5-12(11)16)10-6-14-7-13-9(10)3-4-17-13/h1-5,9-10,13-16H,6-7H2/t9?,10-,13?/m0/s1. The van der Waals surface area contributed by atoms with E-state index in [2.05, 4.69) is 16.8 Å². The van der Waals surface area contributed by atoms with Crippen LogP contribution in [-0.4, -0.2) is 28.6 Å². The summed E-state index contributed by atoms with van der Waals surface area (Å²) in [5.74, 6) is 0.835. The van der Waals surface area contributed by atoms with Gasteiger partial charge in [-0.15, -0.1) is 11.8 Å². The zero-order valence-electron chi connectivity index (χ0n) is 9.34. The molecule has 2 aliphatic heterocycles. The first-order valence-electron chi connectivity index (χ1n) is 5.80. The topological polar surface area (TPSA) is 52.5 Å². The molecule has 3 rings (SSSR count). The monoisotopic (exact) mass is 249 g/mol. The Morgan fingerprint density at radius 2 is 2.06 bits per heavy atom. The Bertz CT molecular complexity index is 461. The molecule has 1 saturated heterocycles. The average molecular weight is 249 g/mol. The molecule has 0 radical (unpaired) electrons. The van der Waals surface area contributed by atoms with Crippen molar-refractivity contribution in [3.63, 3.8) is 0 Å². The lowest BCUT2D eigenvalue weighted by Crippen LogP contribution is -2.41. The molecular formula is C13H15NO2S. The van der Waals surface area contributed by atoms with Gasteiger partial charge in [0.1, 0.15) is 0 Å². The number of aromatic hydroxyl groups is 2. The number of rotatable bonds is 1. The van der Waals surface area contributed by atoms with Gasteiger partial charge in [-0.1, -0.05) is 12.1 Å². The van der Waals surface area contributed by atoms with Gasteiger partial charge >= 0.3 is 0 Å². The minimum Gasteiger partial charge on any atom is -0.504 e. The number of hydrogen-bond donors (Lipinski definition) is 3. The van der Waals surface area contributed by atoms with Gasteiger partial charge in [0.05, 0.1) is 0 Å². The molecule has 2 aliphatic rings. The molecule has 3 N–H and O–H groups in total. The van der Waals surface area contributed by atoms with Gasteiger partial charge in [-0.2, -0.15) is 0 Å². The van der Waals surface area contributed by atoms with Gasteiger partial charge in [-0.25, -0.2) is 0 Å². The Morgan fingerprint density at radius 1 is 1.18 bits per heavy atom. The Kier molecular flexibility index (Phi) is 2.76. The molecule has 2 unspecified atom stereocenters. The van der Waals surface area contributed by atoms with Crippen LogP contribution in [0, 0.1) is 5.92 Å². The van der Waals surface area contributed by atoms with Gasteiger partial charge in [-0.3, -0.25) is 0 Å². The van der Waals surface area contributed by atoms with E-state index in [1.807, 2.05) is 17.8 Å². The molecule has 3 nitrogen and oxygen atoms in total. The third-order valence-corrected chi connectivity index (χ3v) is 4.73. The van der Waals surface area contributed by atoms with Gasteiger partial charge in [0, 0.05) is 24.3 Å². The molecule has 4 heteroatoms. The maximum atomic E-state index is 9.58. The number of nitrogens with one attached hydrogen (secondary N) is 1. The van der Waals surface area contributed by atoms with E-state index in [0.717, 1.165) is 18.7 Å².